The molecule has 0 bridgehead atoms. The second-order valence-corrected chi connectivity index (χ2v) is 9.18. The number of fused-ring (bicyclic) bond motifs is 6. The van der Waals surface area contributed by atoms with Crippen molar-refractivity contribution >= 4 is 57.2 Å². The van der Waals surface area contributed by atoms with E-state index in [4.69, 9.17) is 11.6 Å². The highest BCUT2D eigenvalue weighted by Gasteiger charge is 2.19. The zero-order valence-corrected chi connectivity index (χ0v) is 17.2. The van der Waals surface area contributed by atoms with E-state index in [2.05, 4.69) is 29.9 Å². The van der Waals surface area contributed by atoms with Gasteiger partial charge < -0.3 is 15.0 Å². The smallest absolute Gasteiger partial charge is 0.260 e. The number of hydrogen-bond acceptors (Lipinski definition) is 6. The predicted octanol–water partition coefficient (Wildman–Crippen LogP) is 3.44. The minimum atomic E-state index is -0.0324. The third-order valence-corrected chi connectivity index (χ3v) is 7.27. The van der Waals surface area contributed by atoms with Crippen molar-refractivity contribution in [2.75, 3.05) is 11.5 Å². The van der Waals surface area contributed by atoms with Gasteiger partial charge >= 0.3 is 0 Å². The Balaban J connectivity index is 0.000000122. The van der Waals surface area contributed by atoms with Crippen LogP contribution in [0, 0.1) is 0 Å². The van der Waals surface area contributed by atoms with Crippen LogP contribution in [0.5, 0.6) is 0 Å². The second-order valence-electron chi connectivity index (χ2n) is 6.61. The number of H-pyrrole nitrogens is 3. The van der Waals surface area contributed by atoms with E-state index in [0.29, 0.717) is 5.15 Å². The molecule has 0 amide bonds. The van der Waals surface area contributed by atoms with Gasteiger partial charge in [0.05, 0.1) is 17.1 Å². The van der Waals surface area contributed by atoms with Gasteiger partial charge in [-0.25, -0.2) is 15.0 Å². The Bertz CT molecular complexity index is 1230. The Labute approximate surface area is 173 Å². The lowest BCUT2D eigenvalue weighted by Gasteiger charge is -2.09. The minimum Gasteiger partial charge on any atom is -0.343 e. The molecule has 7 nitrogen and oxygen atoms in total. The molecule has 10 heteroatoms. The molecule has 4 aromatic rings. The lowest BCUT2D eigenvalue weighted by atomic mass is 10.2. The van der Waals surface area contributed by atoms with Crippen LogP contribution in [0.4, 0.5) is 0 Å². The summed E-state index contributed by atoms with van der Waals surface area (Å²) >= 11 is 9.85. The molecule has 0 spiro atoms. The summed E-state index contributed by atoms with van der Waals surface area (Å²) in [5.74, 6) is 4.23. The van der Waals surface area contributed by atoms with Crippen molar-refractivity contribution < 1.29 is 0 Å². The summed E-state index contributed by atoms with van der Waals surface area (Å²) in [6.45, 7) is 0. The molecule has 0 aliphatic carbocycles. The van der Waals surface area contributed by atoms with E-state index in [1.54, 1.807) is 0 Å². The number of aromatic amines is 3. The number of rotatable bonds is 0. The molecule has 0 unspecified atom stereocenters. The van der Waals surface area contributed by atoms with Crippen LogP contribution in [0.25, 0.3) is 22.1 Å². The molecule has 144 valence electrons. The van der Waals surface area contributed by atoms with Crippen molar-refractivity contribution in [3.05, 3.63) is 50.7 Å². The molecule has 6 heterocycles. The second kappa shape index (κ2) is 7.46. The number of aromatic nitrogens is 6. The maximum Gasteiger partial charge on any atom is 0.260 e. The van der Waals surface area contributed by atoms with Gasteiger partial charge in [0.15, 0.2) is 0 Å². The Morgan fingerprint density at radius 1 is 0.893 bits per heavy atom. The molecule has 0 aromatic carbocycles. The van der Waals surface area contributed by atoms with Crippen molar-refractivity contribution in [3.8, 4) is 0 Å². The van der Waals surface area contributed by atoms with E-state index in [-0.39, 0.29) is 5.56 Å². The highest BCUT2D eigenvalue weighted by Crippen LogP contribution is 2.33. The molecule has 0 saturated heterocycles. The molecule has 0 atom stereocenters. The van der Waals surface area contributed by atoms with E-state index in [1.165, 1.54) is 35.4 Å². The Morgan fingerprint density at radius 3 is 2.25 bits per heavy atom. The lowest BCUT2D eigenvalue weighted by Crippen LogP contribution is -2.08. The van der Waals surface area contributed by atoms with Gasteiger partial charge in [-0.2, -0.15) is 23.5 Å². The Morgan fingerprint density at radius 2 is 1.54 bits per heavy atom. The summed E-state index contributed by atoms with van der Waals surface area (Å²) in [5, 5.41) is 2.32. The van der Waals surface area contributed by atoms with Crippen molar-refractivity contribution in [1.82, 2.24) is 29.9 Å². The molecule has 0 saturated carbocycles. The Kier molecular flexibility index (Phi) is 4.82. The van der Waals surface area contributed by atoms with Gasteiger partial charge in [0.2, 0.25) is 0 Å². The first kappa shape index (κ1) is 18.1. The van der Waals surface area contributed by atoms with Gasteiger partial charge in [0, 0.05) is 22.9 Å². The third-order valence-electron chi connectivity index (χ3n) is 5.01. The molecule has 2 aliphatic heterocycles. The SMILES string of the molecule is Clc1ncnc2[nH]c3c(c12)CSCC3.O=c1[nH]cnc2[nH]c3c(c12)CSCC3. The first-order chi connectivity index (χ1) is 13.7. The number of thioether (sulfide) groups is 2. The number of aryl methyl sites for hydroxylation is 2. The van der Waals surface area contributed by atoms with Crippen LogP contribution in [-0.4, -0.2) is 41.4 Å². The average molecular weight is 433 g/mol. The molecular formula is C18H17ClN6OS2. The van der Waals surface area contributed by atoms with E-state index < -0.39 is 0 Å². The van der Waals surface area contributed by atoms with Crippen molar-refractivity contribution in [2.45, 2.75) is 24.3 Å². The van der Waals surface area contributed by atoms with E-state index in [1.807, 2.05) is 23.5 Å². The number of hydrogen-bond donors (Lipinski definition) is 3. The van der Waals surface area contributed by atoms with Crippen LogP contribution in [0.15, 0.2) is 17.4 Å². The lowest BCUT2D eigenvalue weighted by molar-refractivity contribution is 1.03. The van der Waals surface area contributed by atoms with E-state index in [0.717, 1.165) is 57.7 Å². The molecule has 6 rings (SSSR count). The molecule has 0 radical (unpaired) electrons. The summed E-state index contributed by atoms with van der Waals surface area (Å²) in [6.07, 6.45) is 5.03. The summed E-state index contributed by atoms with van der Waals surface area (Å²) < 4.78 is 0. The maximum absolute atomic E-state index is 11.6. The fourth-order valence-corrected chi connectivity index (χ4v) is 5.96. The normalized spacial score (nSPS) is 15.8. The number of nitrogens with zero attached hydrogens (tertiary/aromatic N) is 3. The fraction of sp³-hybridized carbons (Fsp3) is 0.333. The molecule has 3 N–H and O–H groups in total. The van der Waals surface area contributed by atoms with E-state index in [9.17, 15) is 4.79 Å². The molecule has 2 aliphatic rings. The number of halogens is 1. The average Bonchev–Trinajstić information content (AvgIpc) is 3.28. The van der Waals surface area contributed by atoms with Gasteiger partial charge in [-0.15, -0.1) is 0 Å². The third kappa shape index (κ3) is 3.11. The summed E-state index contributed by atoms with van der Waals surface area (Å²) in [4.78, 5) is 33.0. The molecular weight excluding hydrogens is 416 g/mol. The van der Waals surface area contributed by atoms with Crippen LogP contribution in [0.3, 0.4) is 0 Å². The van der Waals surface area contributed by atoms with Crippen LogP contribution >= 0.6 is 35.1 Å². The van der Waals surface area contributed by atoms with Crippen LogP contribution < -0.4 is 5.56 Å². The van der Waals surface area contributed by atoms with Crippen molar-refractivity contribution in [2.24, 2.45) is 0 Å². The zero-order chi connectivity index (χ0) is 19.1. The monoisotopic (exact) mass is 432 g/mol. The summed E-state index contributed by atoms with van der Waals surface area (Å²) in [7, 11) is 0. The predicted molar refractivity (Wildman–Crippen MR) is 115 cm³/mol. The van der Waals surface area contributed by atoms with Gasteiger partial charge in [-0.3, -0.25) is 4.79 Å². The maximum atomic E-state index is 11.6. The summed E-state index contributed by atoms with van der Waals surface area (Å²) in [6, 6.07) is 0. The fourth-order valence-electron chi connectivity index (χ4n) is 3.68. The quantitative estimate of drug-likeness (QED) is 0.368. The summed E-state index contributed by atoms with van der Waals surface area (Å²) in [5.41, 5.74) is 6.46. The van der Waals surface area contributed by atoms with E-state index >= 15 is 0 Å². The van der Waals surface area contributed by atoms with Gasteiger partial charge in [0.1, 0.15) is 22.8 Å². The number of nitrogens with one attached hydrogen (secondary N) is 3. The van der Waals surface area contributed by atoms with Gasteiger partial charge in [-0.1, -0.05) is 11.6 Å². The standard InChI is InChI=1S/C9H8ClN3S.C9H9N3OS/c10-8-7-5-3-14-2-1-6(5)13-9(7)12-4-11-8;13-9-7-5-3-14-2-1-6(5)12-8(7)10-4-11-9/h4H,1-3H2,(H,11,12,13);4H,1-3H2,(H2,10,11,12,13). The minimum absolute atomic E-state index is 0.0324. The first-order valence-electron chi connectivity index (χ1n) is 8.95. The van der Waals surface area contributed by atoms with Crippen molar-refractivity contribution in [3.63, 3.8) is 0 Å². The largest absolute Gasteiger partial charge is 0.343 e. The topological polar surface area (TPSA) is 103 Å². The van der Waals surface area contributed by atoms with Crippen LogP contribution in [0.2, 0.25) is 5.15 Å². The highest BCUT2D eigenvalue weighted by atomic mass is 35.5. The molecule has 28 heavy (non-hydrogen) atoms. The Hall–Kier alpha value is -1.97. The van der Waals surface area contributed by atoms with Gasteiger partial charge in [-0.05, 0) is 35.5 Å². The first-order valence-corrected chi connectivity index (χ1v) is 11.6. The van der Waals surface area contributed by atoms with Crippen LogP contribution in [0.1, 0.15) is 22.5 Å². The molecule has 4 aromatic heterocycles. The van der Waals surface area contributed by atoms with Crippen molar-refractivity contribution in [1.29, 1.82) is 0 Å². The van der Waals surface area contributed by atoms with Crippen LogP contribution in [-0.2, 0) is 24.3 Å². The molecule has 0 fully saturated rings. The van der Waals surface area contributed by atoms with Gasteiger partial charge in [0.25, 0.3) is 5.56 Å². The highest BCUT2D eigenvalue weighted by molar-refractivity contribution is 7.98. The zero-order valence-electron chi connectivity index (χ0n) is 14.8.